The minimum absolute atomic E-state index is 0.129. The first-order chi connectivity index (χ1) is 13.7. The van der Waals surface area contributed by atoms with E-state index in [4.69, 9.17) is 16.6 Å². The highest BCUT2D eigenvalue weighted by molar-refractivity contribution is 6.31. The Morgan fingerprint density at radius 1 is 0.929 bits per heavy atom. The second kappa shape index (κ2) is 8.78. The van der Waals surface area contributed by atoms with Gasteiger partial charge in [0.1, 0.15) is 5.82 Å². The number of carbonyl (C=O) groups excluding carboxylic acids is 1. The van der Waals surface area contributed by atoms with Crippen LogP contribution >= 0.6 is 11.6 Å². The fraction of sp³-hybridized carbons (Fsp3) is 0.476. The lowest BCUT2D eigenvalue weighted by atomic mass is 10.1. The van der Waals surface area contributed by atoms with Gasteiger partial charge in [0.05, 0.1) is 6.42 Å². The fourth-order valence-corrected chi connectivity index (χ4v) is 4.07. The SMILES string of the molecule is O=C(Cc1ccccc1Cl)N1CCN(c2ccnc(N3CCCCC3)n2)CC1. The van der Waals surface area contributed by atoms with Gasteiger partial charge in [-0.2, -0.15) is 4.98 Å². The number of halogens is 1. The largest absolute Gasteiger partial charge is 0.353 e. The zero-order valence-corrected chi connectivity index (χ0v) is 16.8. The first kappa shape index (κ1) is 19.0. The molecule has 0 radical (unpaired) electrons. The highest BCUT2D eigenvalue weighted by Gasteiger charge is 2.23. The average Bonchev–Trinajstić information content (AvgIpc) is 2.76. The molecule has 28 heavy (non-hydrogen) atoms. The summed E-state index contributed by atoms with van der Waals surface area (Å²) in [4.78, 5) is 28.3. The van der Waals surface area contributed by atoms with Crippen molar-refractivity contribution in [2.24, 2.45) is 0 Å². The van der Waals surface area contributed by atoms with Gasteiger partial charge >= 0.3 is 0 Å². The molecule has 2 aromatic rings. The predicted octanol–water partition coefficient (Wildman–Crippen LogP) is 3.01. The van der Waals surface area contributed by atoms with E-state index in [1.165, 1.54) is 19.3 Å². The zero-order valence-electron chi connectivity index (χ0n) is 16.1. The molecule has 2 fully saturated rings. The highest BCUT2D eigenvalue weighted by atomic mass is 35.5. The summed E-state index contributed by atoms with van der Waals surface area (Å²) in [6.07, 6.45) is 5.91. The molecule has 0 atom stereocenters. The van der Waals surface area contributed by atoms with Crippen LogP contribution in [0.15, 0.2) is 36.5 Å². The lowest BCUT2D eigenvalue weighted by molar-refractivity contribution is -0.130. The van der Waals surface area contributed by atoms with Gasteiger partial charge in [-0.1, -0.05) is 29.8 Å². The number of aromatic nitrogens is 2. The molecule has 148 valence electrons. The molecule has 1 aromatic carbocycles. The van der Waals surface area contributed by atoms with Crippen molar-refractivity contribution in [1.82, 2.24) is 14.9 Å². The lowest BCUT2D eigenvalue weighted by Gasteiger charge is -2.36. The Hall–Kier alpha value is -2.34. The topological polar surface area (TPSA) is 52.6 Å². The van der Waals surface area contributed by atoms with Crippen molar-refractivity contribution in [1.29, 1.82) is 0 Å². The van der Waals surface area contributed by atoms with Gasteiger partial charge in [0, 0.05) is 50.5 Å². The van der Waals surface area contributed by atoms with Crippen LogP contribution in [-0.2, 0) is 11.2 Å². The number of carbonyl (C=O) groups is 1. The molecule has 2 saturated heterocycles. The number of hydrogen-bond donors (Lipinski definition) is 0. The zero-order chi connectivity index (χ0) is 19.3. The van der Waals surface area contributed by atoms with E-state index >= 15 is 0 Å². The second-order valence-corrected chi connectivity index (χ2v) is 7.81. The maximum atomic E-state index is 12.6. The standard InChI is InChI=1S/C21H26ClN5O/c22-18-7-3-2-6-17(18)16-20(28)26-14-12-25(13-15-26)19-8-9-23-21(24-19)27-10-4-1-5-11-27/h2-3,6-9H,1,4-5,10-16H2. The van der Waals surface area contributed by atoms with Crippen molar-refractivity contribution in [2.75, 3.05) is 49.1 Å². The van der Waals surface area contributed by atoms with Gasteiger partial charge in [-0.15, -0.1) is 0 Å². The molecule has 0 aliphatic carbocycles. The molecular weight excluding hydrogens is 374 g/mol. The number of rotatable bonds is 4. The molecule has 7 heteroatoms. The van der Waals surface area contributed by atoms with Crippen LogP contribution in [-0.4, -0.2) is 60.0 Å². The molecule has 0 spiro atoms. The molecule has 6 nitrogen and oxygen atoms in total. The molecule has 0 saturated carbocycles. The third-order valence-electron chi connectivity index (χ3n) is 5.52. The fourth-order valence-electron chi connectivity index (χ4n) is 3.86. The average molecular weight is 400 g/mol. The van der Waals surface area contributed by atoms with Crippen molar-refractivity contribution in [3.8, 4) is 0 Å². The smallest absolute Gasteiger partial charge is 0.227 e. The summed E-state index contributed by atoms with van der Waals surface area (Å²) in [5.41, 5.74) is 0.888. The number of anilines is 2. The van der Waals surface area contributed by atoms with Gasteiger partial charge < -0.3 is 14.7 Å². The third kappa shape index (κ3) is 4.38. The Balaban J connectivity index is 1.35. The molecule has 4 rings (SSSR count). The summed E-state index contributed by atoms with van der Waals surface area (Å²) in [5.74, 6) is 1.91. The summed E-state index contributed by atoms with van der Waals surface area (Å²) in [7, 11) is 0. The first-order valence-corrected chi connectivity index (χ1v) is 10.4. The maximum Gasteiger partial charge on any atom is 0.227 e. The Kier molecular flexibility index (Phi) is 5.95. The van der Waals surface area contributed by atoms with Crippen LogP contribution in [0.4, 0.5) is 11.8 Å². The molecule has 2 aliphatic heterocycles. The summed E-state index contributed by atoms with van der Waals surface area (Å²) < 4.78 is 0. The van der Waals surface area contributed by atoms with E-state index in [0.29, 0.717) is 24.5 Å². The number of piperidine rings is 1. The van der Waals surface area contributed by atoms with Crippen molar-refractivity contribution < 1.29 is 4.79 Å². The van der Waals surface area contributed by atoms with E-state index in [2.05, 4.69) is 14.8 Å². The Morgan fingerprint density at radius 3 is 2.43 bits per heavy atom. The maximum absolute atomic E-state index is 12.6. The summed E-state index contributed by atoms with van der Waals surface area (Å²) >= 11 is 6.19. The van der Waals surface area contributed by atoms with Crippen LogP contribution in [0.1, 0.15) is 24.8 Å². The number of amides is 1. The monoisotopic (exact) mass is 399 g/mol. The van der Waals surface area contributed by atoms with Gasteiger partial charge in [0.25, 0.3) is 0 Å². The molecule has 1 aromatic heterocycles. The normalized spacial score (nSPS) is 17.7. The predicted molar refractivity (Wildman–Crippen MR) is 112 cm³/mol. The summed E-state index contributed by atoms with van der Waals surface area (Å²) in [6.45, 7) is 5.04. The second-order valence-electron chi connectivity index (χ2n) is 7.40. The van der Waals surface area contributed by atoms with E-state index in [9.17, 15) is 4.79 Å². The van der Waals surface area contributed by atoms with E-state index in [1.54, 1.807) is 0 Å². The van der Waals surface area contributed by atoms with E-state index in [-0.39, 0.29) is 5.91 Å². The number of piperazine rings is 1. The van der Waals surface area contributed by atoms with Crippen LogP contribution in [0.25, 0.3) is 0 Å². The van der Waals surface area contributed by atoms with Crippen molar-refractivity contribution in [3.63, 3.8) is 0 Å². The van der Waals surface area contributed by atoms with Crippen LogP contribution in [0.3, 0.4) is 0 Å². The Bertz CT molecular complexity index is 816. The van der Waals surface area contributed by atoms with Gasteiger partial charge in [0.2, 0.25) is 11.9 Å². The van der Waals surface area contributed by atoms with Gasteiger partial charge in [-0.05, 0) is 37.0 Å². The van der Waals surface area contributed by atoms with Crippen LogP contribution in [0.5, 0.6) is 0 Å². The highest BCUT2D eigenvalue weighted by Crippen LogP contribution is 2.21. The minimum Gasteiger partial charge on any atom is -0.353 e. The van der Waals surface area contributed by atoms with E-state index in [1.807, 2.05) is 41.4 Å². The Morgan fingerprint density at radius 2 is 1.68 bits per heavy atom. The van der Waals surface area contributed by atoms with E-state index < -0.39 is 0 Å². The Labute approximate surface area is 171 Å². The van der Waals surface area contributed by atoms with E-state index in [0.717, 1.165) is 43.5 Å². The molecule has 1 amide bonds. The molecule has 3 heterocycles. The van der Waals surface area contributed by atoms with Gasteiger partial charge in [-0.25, -0.2) is 4.98 Å². The third-order valence-corrected chi connectivity index (χ3v) is 5.89. The summed E-state index contributed by atoms with van der Waals surface area (Å²) in [5, 5.41) is 0.653. The minimum atomic E-state index is 0.129. The molecular formula is C21H26ClN5O. The first-order valence-electron chi connectivity index (χ1n) is 10.0. The molecule has 0 N–H and O–H groups in total. The van der Waals surface area contributed by atoms with Crippen LogP contribution in [0, 0.1) is 0 Å². The number of benzene rings is 1. The van der Waals surface area contributed by atoms with Crippen LogP contribution in [0.2, 0.25) is 5.02 Å². The van der Waals surface area contributed by atoms with Gasteiger partial charge in [-0.3, -0.25) is 4.79 Å². The molecule has 2 aliphatic rings. The number of nitrogens with zero attached hydrogens (tertiary/aromatic N) is 5. The quantitative estimate of drug-likeness (QED) is 0.791. The van der Waals surface area contributed by atoms with Crippen molar-refractivity contribution >= 4 is 29.3 Å². The lowest BCUT2D eigenvalue weighted by Crippen LogP contribution is -2.49. The van der Waals surface area contributed by atoms with Crippen molar-refractivity contribution in [3.05, 3.63) is 47.1 Å². The molecule has 0 unspecified atom stereocenters. The van der Waals surface area contributed by atoms with Crippen molar-refractivity contribution in [2.45, 2.75) is 25.7 Å². The summed E-state index contributed by atoms with van der Waals surface area (Å²) in [6, 6.07) is 9.52. The van der Waals surface area contributed by atoms with Crippen LogP contribution < -0.4 is 9.80 Å². The molecule has 0 bridgehead atoms. The number of hydrogen-bond acceptors (Lipinski definition) is 5. The van der Waals surface area contributed by atoms with Gasteiger partial charge in [0.15, 0.2) is 0 Å².